The molecule has 1 amide bonds. The van der Waals surface area contributed by atoms with Gasteiger partial charge in [0.15, 0.2) is 0 Å². The van der Waals surface area contributed by atoms with Crippen molar-refractivity contribution in [3.63, 3.8) is 0 Å². The summed E-state index contributed by atoms with van der Waals surface area (Å²) in [4.78, 5) is 14.1. The van der Waals surface area contributed by atoms with E-state index in [-0.39, 0.29) is 24.1 Å². The van der Waals surface area contributed by atoms with Crippen LogP contribution in [0.25, 0.3) is 0 Å². The van der Waals surface area contributed by atoms with E-state index >= 15 is 0 Å². The number of likely N-dealkylation sites (tertiary alicyclic amines) is 1. The lowest BCUT2D eigenvalue weighted by molar-refractivity contribution is -0.0498. The fourth-order valence-corrected chi connectivity index (χ4v) is 3.03. The number of nitrogens with zero attached hydrogens (tertiary/aromatic N) is 2. The lowest BCUT2D eigenvalue weighted by atomic mass is 10.0. The van der Waals surface area contributed by atoms with E-state index in [0.29, 0.717) is 18.5 Å². The topological polar surface area (TPSA) is 78.5 Å². The highest BCUT2D eigenvalue weighted by atomic mass is 19.3. The number of aliphatic hydroxyl groups is 1. The zero-order chi connectivity index (χ0) is 18.0. The third-order valence-corrected chi connectivity index (χ3v) is 4.25. The minimum Gasteiger partial charge on any atom is -0.435 e. The number of aromatic amines is 1. The summed E-state index contributed by atoms with van der Waals surface area (Å²) < 4.78 is 28.6. The third-order valence-electron chi connectivity index (χ3n) is 4.25. The van der Waals surface area contributed by atoms with Crippen molar-refractivity contribution in [3.05, 3.63) is 47.3 Å². The van der Waals surface area contributed by atoms with E-state index in [0.717, 1.165) is 11.4 Å². The van der Waals surface area contributed by atoms with Crippen LogP contribution < -0.4 is 4.74 Å². The standard InChI is InChI=1S/C17H19F2N3O3/c1-10-6-13(21-20-10)7-12-8-22(9-15(12)23)16(24)11-2-4-14(5-3-11)25-17(18)19/h2-6,12,15,17,23H,7-9H2,1H3,(H,20,21). The maximum Gasteiger partial charge on any atom is 0.387 e. The molecule has 134 valence electrons. The van der Waals surface area contributed by atoms with Crippen LogP contribution in [0.3, 0.4) is 0 Å². The lowest BCUT2D eigenvalue weighted by Gasteiger charge is -2.16. The predicted octanol–water partition coefficient (Wildman–Crippen LogP) is 2.00. The van der Waals surface area contributed by atoms with Crippen LogP contribution in [0.1, 0.15) is 21.7 Å². The second-order valence-electron chi connectivity index (χ2n) is 6.19. The number of halogens is 2. The van der Waals surface area contributed by atoms with Crippen molar-refractivity contribution in [2.75, 3.05) is 13.1 Å². The van der Waals surface area contributed by atoms with E-state index in [4.69, 9.17) is 0 Å². The summed E-state index contributed by atoms with van der Waals surface area (Å²) in [5.41, 5.74) is 2.16. The third kappa shape index (κ3) is 4.14. The first kappa shape index (κ1) is 17.3. The summed E-state index contributed by atoms with van der Waals surface area (Å²) in [7, 11) is 0. The van der Waals surface area contributed by atoms with Crippen molar-refractivity contribution in [2.45, 2.75) is 26.1 Å². The normalized spacial score (nSPS) is 20.3. The number of aromatic nitrogens is 2. The van der Waals surface area contributed by atoms with Crippen LogP contribution in [-0.4, -0.2) is 51.9 Å². The highest BCUT2D eigenvalue weighted by molar-refractivity contribution is 5.94. The number of hydrogen-bond donors (Lipinski definition) is 2. The Balaban J connectivity index is 1.63. The van der Waals surface area contributed by atoms with Crippen molar-refractivity contribution in [1.82, 2.24) is 15.1 Å². The molecule has 6 nitrogen and oxygen atoms in total. The average molecular weight is 351 g/mol. The van der Waals surface area contributed by atoms with Crippen molar-refractivity contribution in [3.8, 4) is 5.75 Å². The fraction of sp³-hybridized carbons (Fsp3) is 0.412. The molecule has 3 rings (SSSR count). The molecule has 2 atom stereocenters. The zero-order valence-corrected chi connectivity index (χ0v) is 13.7. The van der Waals surface area contributed by atoms with Crippen molar-refractivity contribution in [2.24, 2.45) is 5.92 Å². The van der Waals surface area contributed by atoms with Crippen LogP contribution in [0.2, 0.25) is 0 Å². The predicted molar refractivity (Wildman–Crippen MR) is 85.5 cm³/mol. The van der Waals surface area contributed by atoms with Crippen LogP contribution in [0.5, 0.6) is 5.75 Å². The molecular weight excluding hydrogens is 332 g/mol. The molecule has 1 saturated heterocycles. The number of rotatable bonds is 5. The Bertz CT molecular complexity index is 733. The number of alkyl halides is 2. The SMILES string of the molecule is Cc1cc(CC2CN(C(=O)c3ccc(OC(F)F)cc3)CC2O)n[nH]1. The van der Waals surface area contributed by atoms with E-state index in [1.54, 1.807) is 4.90 Å². The monoisotopic (exact) mass is 351 g/mol. The van der Waals surface area contributed by atoms with Gasteiger partial charge in [-0.15, -0.1) is 0 Å². The molecule has 0 aliphatic carbocycles. The Morgan fingerprint density at radius 3 is 2.72 bits per heavy atom. The number of H-pyrrole nitrogens is 1. The van der Waals surface area contributed by atoms with Gasteiger partial charge in [0.25, 0.3) is 5.91 Å². The Labute approximate surface area is 143 Å². The second-order valence-corrected chi connectivity index (χ2v) is 6.19. The molecular formula is C17H19F2N3O3. The Kier molecular flexibility index (Phi) is 4.98. The van der Waals surface area contributed by atoms with Gasteiger partial charge in [0, 0.05) is 30.3 Å². The first-order valence-electron chi connectivity index (χ1n) is 7.95. The van der Waals surface area contributed by atoms with E-state index in [1.165, 1.54) is 24.3 Å². The minimum atomic E-state index is -2.90. The first-order chi connectivity index (χ1) is 11.9. The summed E-state index contributed by atoms with van der Waals surface area (Å²) in [5, 5.41) is 17.3. The number of carbonyl (C=O) groups excluding carboxylic acids is 1. The van der Waals surface area contributed by atoms with Gasteiger partial charge in [0.1, 0.15) is 5.75 Å². The van der Waals surface area contributed by atoms with Gasteiger partial charge >= 0.3 is 6.61 Å². The summed E-state index contributed by atoms with van der Waals surface area (Å²) >= 11 is 0. The van der Waals surface area contributed by atoms with Gasteiger partial charge in [-0.3, -0.25) is 9.89 Å². The largest absolute Gasteiger partial charge is 0.435 e. The van der Waals surface area contributed by atoms with Gasteiger partial charge in [-0.05, 0) is 43.7 Å². The quantitative estimate of drug-likeness (QED) is 0.864. The van der Waals surface area contributed by atoms with Crippen LogP contribution in [-0.2, 0) is 6.42 Å². The molecule has 1 aliphatic heterocycles. The number of nitrogens with one attached hydrogen (secondary N) is 1. The van der Waals surface area contributed by atoms with E-state index in [1.807, 2.05) is 13.0 Å². The van der Waals surface area contributed by atoms with Gasteiger partial charge in [-0.2, -0.15) is 13.9 Å². The molecule has 2 aromatic rings. The maximum absolute atomic E-state index is 12.5. The number of benzene rings is 1. The Hall–Kier alpha value is -2.48. The number of aryl methyl sites for hydroxylation is 1. The number of amides is 1. The number of ether oxygens (including phenoxy) is 1. The molecule has 0 saturated carbocycles. The molecule has 0 spiro atoms. The van der Waals surface area contributed by atoms with Crippen LogP contribution in [0.4, 0.5) is 8.78 Å². The van der Waals surface area contributed by atoms with Gasteiger partial charge in [-0.25, -0.2) is 0 Å². The summed E-state index contributed by atoms with van der Waals surface area (Å²) in [6.07, 6.45) is -0.0430. The number of β-amino-alcohol motifs (C(OH)–C–C–N with tert-alkyl or cyclic N) is 1. The van der Waals surface area contributed by atoms with Gasteiger partial charge in [-0.1, -0.05) is 0 Å². The van der Waals surface area contributed by atoms with E-state index in [9.17, 15) is 18.7 Å². The highest BCUT2D eigenvalue weighted by Gasteiger charge is 2.34. The van der Waals surface area contributed by atoms with Crippen LogP contribution in [0.15, 0.2) is 30.3 Å². The molecule has 1 aromatic carbocycles. The lowest BCUT2D eigenvalue weighted by Crippen LogP contribution is -2.29. The summed E-state index contributed by atoms with van der Waals surface area (Å²) in [5.74, 6) is -0.337. The van der Waals surface area contributed by atoms with Crippen molar-refractivity contribution >= 4 is 5.91 Å². The summed E-state index contributed by atoms with van der Waals surface area (Å²) in [6.45, 7) is -0.343. The first-order valence-corrected chi connectivity index (χ1v) is 7.95. The summed E-state index contributed by atoms with van der Waals surface area (Å²) in [6, 6.07) is 7.46. The van der Waals surface area contributed by atoms with E-state index < -0.39 is 12.7 Å². The smallest absolute Gasteiger partial charge is 0.387 e. The minimum absolute atomic E-state index is 0.000199. The van der Waals surface area contributed by atoms with Gasteiger partial charge in [0.2, 0.25) is 0 Å². The highest BCUT2D eigenvalue weighted by Crippen LogP contribution is 2.24. The Morgan fingerprint density at radius 2 is 2.12 bits per heavy atom. The second kappa shape index (κ2) is 7.18. The molecule has 2 heterocycles. The van der Waals surface area contributed by atoms with Crippen molar-refractivity contribution < 1.29 is 23.4 Å². The van der Waals surface area contributed by atoms with Gasteiger partial charge in [0.05, 0.1) is 11.8 Å². The molecule has 8 heteroatoms. The molecule has 2 unspecified atom stereocenters. The van der Waals surface area contributed by atoms with Gasteiger partial charge < -0.3 is 14.7 Å². The number of hydrogen-bond acceptors (Lipinski definition) is 4. The van der Waals surface area contributed by atoms with Crippen LogP contribution in [0, 0.1) is 12.8 Å². The molecule has 1 fully saturated rings. The molecule has 1 aromatic heterocycles. The number of aliphatic hydroxyl groups excluding tert-OH is 1. The molecule has 25 heavy (non-hydrogen) atoms. The average Bonchev–Trinajstić information content (AvgIpc) is 3.13. The molecule has 2 N–H and O–H groups in total. The molecule has 0 radical (unpaired) electrons. The maximum atomic E-state index is 12.5. The van der Waals surface area contributed by atoms with E-state index in [2.05, 4.69) is 14.9 Å². The number of carbonyl (C=O) groups is 1. The molecule has 0 bridgehead atoms. The fourth-order valence-electron chi connectivity index (χ4n) is 3.03. The zero-order valence-electron chi connectivity index (χ0n) is 13.7. The van der Waals surface area contributed by atoms with Crippen molar-refractivity contribution in [1.29, 1.82) is 0 Å². The molecule has 1 aliphatic rings. The Morgan fingerprint density at radius 1 is 1.40 bits per heavy atom. The van der Waals surface area contributed by atoms with Crippen LogP contribution >= 0.6 is 0 Å².